The van der Waals surface area contributed by atoms with Gasteiger partial charge >= 0.3 is 12.1 Å². The summed E-state index contributed by atoms with van der Waals surface area (Å²) in [6, 6.07) is 18.0. The van der Waals surface area contributed by atoms with Crippen LogP contribution < -0.4 is 14.4 Å². The first kappa shape index (κ1) is 38.6. The molecule has 3 heterocycles. The first-order valence-corrected chi connectivity index (χ1v) is 19.0. The van der Waals surface area contributed by atoms with Gasteiger partial charge in [-0.3, -0.25) is 19.3 Å². The van der Waals surface area contributed by atoms with Gasteiger partial charge < -0.3 is 24.4 Å². The Morgan fingerprint density at radius 3 is 2.11 bits per heavy atom. The van der Waals surface area contributed by atoms with Crippen molar-refractivity contribution in [2.45, 2.75) is 74.2 Å². The molecule has 4 atom stereocenters. The fourth-order valence-corrected chi connectivity index (χ4v) is 9.35. The molecule has 3 aromatic carbocycles. The van der Waals surface area contributed by atoms with Crippen molar-refractivity contribution in [2.75, 3.05) is 58.4 Å². The lowest BCUT2D eigenvalue weighted by Crippen LogP contribution is -2.50. The fourth-order valence-electron chi connectivity index (χ4n) is 9.35. The maximum Gasteiger partial charge on any atom is 0.416 e. The summed E-state index contributed by atoms with van der Waals surface area (Å²) in [6.07, 6.45) is -2.04. The number of hydrogen-bond donors (Lipinski definition) is 1. The third-order valence-corrected chi connectivity index (χ3v) is 12.4. The number of hydrogen-bond acceptors (Lipinski definition) is 7. The van der Waals surface area contributed by atoms with E-state index in [1.54, 1.807) is 37.4 Å². The fraction of sp³-hybridized carbons (Fsp3) is 0.500. The van der Waals surface area contributed by atoms with Crippen LogP contribution in [0, 0.1) is 5.92 Å². The van der Waals surface area contributed by atoms with Crippen LogP contribution in [0.4, 0.5) is 23.2 Å². The molecule has 9 nitrogen and oxygen atoms in total. The summed E-state index contributed by atoms with van der Waals surface area (Å²) in [7, 11) is 3.07. The quantitative estimate of drug-likeness (QED) is 0.232. The molecule has 4 aliphatic rings. The molecular weight excluding hydrogens is 718 g/mol. The minimum atomic E-state index is -4.62. The summed E-state index contributed by atoms with van der Waals surface area (Å²) in [6.45, 7) is 0.788. The van der Waals surface area contributed by atoms with Crippen LogP contribution in [0.15, 0.2) is 66.7 Å². The molecular formula is C42H47F4N3O6. The number of likely N-dealkylation sites (tertiary alicyclic amines) is 2. The second kappa shape index (κ2) is 15.5. The van der Waals surface area contributed by atoms with Crippen LogP contribution in [0.3, 0.4) is 0 Å². The van der Waals surface area contributed by atoms with Crippen molar-refractivity contribution in [2.24, 2.45) is 5.92 Å². The third kappa shape index (κ3) is 7.64. The number of rotatable bonds is 9. The van der Waals surface area contributed by atoms with E-state index in [1.807, 2.05) is 28.0 Å². The van der Waals surface area contributed by atoms with Gasteiger partial charge in [0.15, 0.2) is 0 Å². The number of ether oxygens (including phenoxy) is 2. The van der Waals surface area contributed by atoms with Crippen LogP contribution >= 0.6 is 0 Å². The highest BCUT2D eigenvalue weighted by Crippen LogP contribution is 2.50. The molecule has 3 aliphatic heterocycles. The summed E-state index contributed by atoms with van der Waals surface area (Å²) in [5.74, 6) is -2.69. The molecule has 13 heteroatoms. The maximum atomic E-state index is 18.1. The van der Waals surface area contributed by atoms with E-state index in [0.717, 1.165) is 17.7 Å². The summed E-state index contributed by atoms with van der Waals surface area (Å²) in [5, 5.41) is 9.62. The zero-order chi connectivity index (χ0) is 39.1. The second-order valence-electron chi connectivity index (χ2n) is 15.4. The molecule has 1 aliphatic carbocycles. The van der Waals surface area contributed by atoms with E-state index in [0.29, 0.717) is 54.0 Å². The number of methoxy groups -OCH3 is 2. The molecule has 1 amide bonds. The molecule has 1 N–H and O–H groups in total. The first-order valence-electron chi connectivity index (χ1n) is 19.0. The van der Waals surface area contributed by atoms with E-state index < -0.39 is 53.0 Å². The Morgan fingerprint density at radius 1 is 0.836 bits per heavy atom. The van der Waals surface area contributed by atoms with Crippen LogP contribution in [0.25, 0.3) is 0 Å². The van der Waals surface area contributed by atoms with E-state index in [1.165, 1.54) is 18.1 Å². The Hall–Kier alpha value is -4.65. The molecule has 294 valence electrons. The largest absolute Gasteiger partial charge is 0.497 e. The Balaban J connectivity index is 1.27. The lowest BCUT2D eigenvalue weighted by Gasteiger charge is -2.35. The smallest absolute Gasteiger partial charge is 0.416 e. The predicted octanol–water partition coefficient (Wildman–Crippen LogP) is 7.05. The van der Waals surface area contributed by atoms with Crippen molar-refractivity contribution >= 4 is 23.3 Å². The van der Waals surface area contributed by atoms with Gasteiger partial charge in [-0.2, -0.15) is 13.2 Å². The van der Waals surface area contributed by atoms with Crippen LogP contribution in [0.5, 0.6) is 11.5 Å². The number of carboxylic acids is 1. The minimum Gasteiger partial charge on any atom is -0.497 e. The van der Waals surface area contributed by atoms with Crippen molar-refractivity contribution in [1.29, 1.82) is 0 Å². The lowest BCUT2D eigenvalue weighted by molar-refractivity contribution is -0.143. The number of anilines is 1. The van der Waals surface area contributed by atoms with E-state index in [2.05, 4.69) is 0 Å². The van der Waals surface area contributed by atoms with Gasteiger partial charge in [-0.1, -0.05) is 36.4 Å². The number of carbonyl (C=O) groups excluding carboxylic acids is 2. The number of piperidine rings is 1. The normalized spacial score (nSPS) is 25.7. The Bertz CT molecular complexity index is 1890. The van der Waals surface area contributed by atoms with Gasteiger partial charge in [-0.05, 0) is 72.7 Å². The Morgan fingerprint density at radius 2 is 1.49 bits per heavy atom. The summed E-state index contributed by atoms with van der Waals surface area (Å²) in [4.78, 5) is 44.1. The molecule has 3 saturated heterocycles. The number of para-hydroxylation sites is 1. The number of aliphatic carboxylic acids is 1. The predicted molar refractivity (Wildman–Crippen MR) is 197 cm³/mol. The van der Waals surface area contributed by atoms with Crippen molar-refractivity contribution in [1.82, 2.24) is 9.80 Å². The topological polar surface area (TPSA) is 99.6 Å². The van der Waals surface area contributed by atoms with Crippen LogP contribution in [0.2, 0.25) is 0 Å². The van der Waals surface area contributed by atoms with Crippen LogP contribution in [0.1, 0.15) is 78.5 Å². The molecule has 0 aromatic heterocycles. The standard InChI is InChI=1S/C42H47F4N3O6/c1-54-31-14-7-26(8-15-31)36-24-49(29-10-12-30(50)13-11-29)25-41(36,43)40(53)48-22-34(35(23-48)33-5-3-4-6-38(33)55-2)32-16-9-28(42(44,45)46)21-37(32)47-19-17-27(18-20-47)39(51)52/h3-9,14-16,21,27,29,34-36H,10-13,17-20,22-25H2,1-2H3,(H,51,52)/t34-,35+,36+,41+/m1/s1. The monoisotopic (exact) mass is 765 g/mol. The highest BCUT2D eigenvalue weighted by atomic mass is 19.4. The SMILES string of the molecule is COc1ccc([C@@H]2CN(C3CCC(=O)CC3)C[C@@]2(F)C(=O)N2C[C@H](c3ccc(C(F)(F)F)cc3N3CCC(C(=O)O)CC3)[C@H](c3ccccc3OC)C2)cc1. The number of alkyl halides is 4. The van der Waals surface area contributed by atoms with Gasteiger partial charge in [0, 0.05) is 81.6 Å². The number of carbonyl (C=O) groups is 3. The molecule has 0 unspecified atom stereocenters. The number of nitrogens with zero attached hydrogens (tertiary/aromatic N) is 3. The molecule has 1 saturated carbocycles. The van der Waals surface area contributed by atoms with Crippen molar-refractivity contribution in [3.63, 3.8) is 0 Å². The van der Waals surface area contributed by atoms with Crippen molar-refractivity contribution in [3.05, 3.63) is 89.0 Å². The average Bonchev–Trinajstić information content (AvgIpc) is 3.80. The molecule has 0 spiro atoms. The number of ketones is 1. The Labute approximate surface area is 318 Å². The third-order valence-electron chi connectivity index (χ3n) is 12.4. The van der Waals surface area contributed by atoms with Gasteiger partial charge in [0.05, 0.1) is 25.7 Å². The molecule has 3 aromatic rings. The highest BCUT2D eigenvalue weighted by molar-refractivity contribution is 5.88. The minimum absolute atomic E-state index is 0.0449. The van der Waals surface area contributed by atoms with Crippen LogP contribution in [-0.2, 0) is 20.6 Å². The van der Waals surface area contributed by atoms with E-state index in [9.17, 15) is 32.7 Å². The number of carboxylic acid groups (broad SMARTS) is 1. The van der Waals surface area contributed by atoms with Gasteiger partial charge in [-0.25, -0.2) is 4.39 Å². The highest BCUT2D eigenvalue weighted by Gasteiger charge is 2.58. The van der Waals surface area contributed by atoms with Gasteiger partial charge in [0.2, 0.25) is 5.67 Å². The summed E-state index contributed by atoms with van der Waals surface area (Å²) in [5.41, 5.74) is -0.849. The average molecular weight is 766 g/mol. The molecule has 0 bridgehead atoms. The molecule has 4 fully saturated rings. The van der Waals surface area contributed by atoms with E-state index in [-0.39, 0.29) is 63.9 Å². The van der Waals surface area contributed by atoms with Crippen LogP contribution in [-0.4, -0.2) is 97.8 Å². The molecule has 0 radical (unpaired) electrons. The van der Waals surface area contributed by atoms with Crippen molar-refractivity contribution in [3.8, 4) is 11.5 Å². The van der Waals surface area contributed by atoms with Gasteiger partial charge in [0.25, 0.3) is 5.91 Å². The lowest BCUT2D eigenvalue weighted by atomic mass is 9.82. The summed E-state index contributed by atoms with van der Waals surface area (Å²) < 4.78 is 71.8. The zero-order valence-electron chi connectivity index (χ0n) is 31.1. The first-order chi connectivity index (χ1) is 26.3. The van der Waals surface area contributed by atoms with Crippen molar-refractivity contribution < 1.29 is 46.5 Å². The van der Waals surface area contributed by atoms with E-state index >= 15 is 4.39 Å². The number of Topliss-reactive ketones (excluding diaryl/α,β-unsaturated/α-hetero) is 1. The number of halogens is 4. The summed E-state index contributed by atoms with van der Waals surface area (Å²) >= 11 is 0. The van der Waals surface area contributed by atoms with Gasteiger partial charge in [-0.15, -0.1) is 0 Å². The molecule has 7 rings (SSSR count). The molecule has 55 heavy (non-hydrogen) atoms. The zero-order valence-corrected chi connectivity index (χ0v) is 31.1. The second-order valence-corrected chi connectivity index (χ2v) is 15.4. The maximum absolute atomic E-state index is 18.1. The number of benzene rings is 3. The number of amides is 1. The van der Waals surface area contributed by atoms with E-state index in [4.69, 9.17) is 9.47 Å². The Kier molecular flexibility index (Phi) is 10.9. The van der Waals surface area contributed by atoms with Gasteiger partial charge in [0.1, 0.15) is 17.3 Å².